The van der Waals surface area contributed by atoms with Gasteiger partial charge in [0.1, 0.15) is 5.60 Å². The number of ether oxygens (including phenoxy) is 1. The summed E-state index contributed by atoms with van der Waals surface area (Å²) in [5.74, 6) is -2.28. The van der Waals surface area contributed by atoms with Gasteiger partial charge in [0, 0.05) is 0 Å². The van der Waals surface area contributed by atoms with Gasteiger partial charge in [-0.2, -0.15) is 17.2 Å². The highest BCUT2D eigenvalue weighted by Crippen LogP contribution is 2.26. The Morgan fingerprint density at radius 1 is 1.40 bits per heavy atom. The standard InChI is InChI=1S/C7H12F2O5S/c1-4-6(2,3)14-5(10)7(8,9)15(11,12)13/h4H2,1-3H3,(H,11,12,13). The fourth-order valence-corrected chi connectivity index (χ4v) is 0.740. The van der Waals surface area contributed by atoms with E-state index in [0.29, 0.717) is 0 Å². The number of carbonyl (C=O) groups excluding carboxylic acids is 1. The summed E-state index contributed by atoms with van der Waals surface area (Å²) in [5.41, 5.74) is -1.22. The zero-order valence-corrected chi connectivity index (χ0v) is 9.27. The first-order valence-corrected chi connectivity index (χ1v) is 5.46. The molecule has 0 aliphatic heterocycles. The Balaban J connectivity index is 4.90. The van der Waals surface area contributed by atoms with Gasteiger partial charge in [-0.15, -0.1) is 0 Å². The summed E-state index contributed by atoms with van der Waals surface area (Å²) >= 11 is 0. The molecule has 0 atom stereocenters. The Morgan fingerprint density at radius 2 is 1.80 bits per heavy atom. The lowest BCUT2D eigenvalue weighted by molar-refractivity contribution is -0.174. The first-order chi connectivity index (χ1) is 6.44. The summed E-state index contributed by atoms with van der Waals surface area (Å²) in [5, 5.41) is -4.93. The van der Waals surface area contributed by atoms with E-state index in [0.717, 1.165) is 0 Å². The maximum absolute atomic E-state index is 12.7. The minimum atomic E-state index is -5.79. The van der Waals surface area contributed by atoms with Gasteiger partial charge in [0.2, 0.25) is 0 Å². The van der Waals surface area contributed by atoms with Gasteiger partial charge in [0.15, 0.2) is 0 Å². The Kier molecular flexibility index (Phi) is 3.81. The van der Waals surface area contributed by atoms with Crippen molar-refractivity contribution in [2.24, 2.45) is 0 Å². The fourth-order valence-electron chi connectivity index (χ4n) is 0.488. The maximum atomic E-state index is 12.7. The molecule has 15 heavy (non-hydrogen) atoms. The molecule has 0 unspecified atom stereocenters. The van der Waals surface area contributed by atoms with E-state index in [-0.39, 0.29) is 6.42 Å². The molecule has 90 valence electrons. The van der Waals surface area contributed by atoms with Crippen molar-refractivity contribution in [3.8, 4) is 0 Å². The highest BCUT2D eigenvalue weighted by atomic mass is 32.2. The third-order valence-corrected chi connectivity index (χ3v) is 2.60. The zero-order chi connectivity index (χ0) is 12.5. The van der Waals surface area contributed by atoms with E-state index >= 15 is 0 Å². The lowest BCUT2D eigenvalue weighted by Gasteiger charge is -2.24. The highest BCUT2D eigenvalue weighted by Gasteiger charge is 2.55. The summed E-state index contributed by atoms with van der Waals surface area (Å²) in [7, 11) is -5.79. The van der Waals surface area contributed by atoms with Gasteiger partial charge in [0.25, 0.3) is 0 Å². The predicted molar refractivity (Wildman–Crippen MR) is 47.0 cm³/mol. The quantitative estimate of drug-likeness (QED) is 0.595. The molecule has 0 saturated heterocycles. The van der Waals surface area contributed by atoms with E-state index in [9.17, 15) is 22.0 Å². The average Bonchev–Trinajstić information content (AvgIpc) is 2.01. The van der Waals surface area contributed by atoms with Crippen LogP contribution in [0.3, 0.4) is 0 Å². The van der Waals surface area contributed by atoms with Gasteiger partial charge < -0.3 is 4.74 Å². The van der Waals surface area contributed by atoms with Gasteiger partial charge in [-0.25, -0.2) is 4.79 Å². The van der Waals surface area contributed by atoms with Crippen molar-refractivity contribution in [3.05, 3.63) is 0 Å². The molecule has 0 saturated carbocycles. The molecule has 1 N–H and O–H groups in total. The second kappa shape index (κ2) is 4.01. The van der Waals surface area contributed by atoms with E-state index in [2.05, 4.69) is 4.74 Å². The van der Waals surface area contributed by atoms with Crippen LogP contribution >= 0.6 is 0 Å². The molecule has 0 aliphatic carbocycles. The molecule has 0 aliphatic rings. The van der Waals surface area contributed by atoms with Crippen molar-refractivity contribution in [2.45, 2.75) is 38.0 Å². The first kappa shape index (κ1) is 14.2. The van der Waals surface area contributed by atoms with Gasteiger partial charge >= 0.3 is 21.3 Å². The minimum absolute atomic E-state index is 0.223. The lowest BCUT2D eigenvalue weighted by atomic mass is 10.1. The van der Waals surface area contributed by atoms with E-state index in [1.807, 2.05) is 0 Å². The van der Waals surface area contributed by atoms with Crippen LogP contribution in [-0.2, 0) is 19.6 Å². The van der Waals surface area contributed by atoms with Crippen LogP contribution < -0.4 is 0 Å². The van der Waals surface area contributed by atoms with Crippen LogP contribution in [0, 0.1) is 0 Å². The number of halogens is 2. The number of hydrogen-bond donors (Lipinski definition) is 1. The molecule has 0 aromatic heterocycles. The number of hydrogen-bond acceptors (Lipinski definition) is 4. The smallest absolute Gasteiger partial charge is 0.454 e. The van der Waals surface area contributed by atoms with Crippen molar-refractivity contribution in [1.82, 2.24) is 0 Å². The molecular formula is C7H12F2O5S. The molecule has 0 rings (SSSR count). The summed E-state index contributed by atoms with van der Waals surface area (Å²) in [6.07, 6.45) is 0.223. The lowest BCUT2D eigenvalue weighted by Crippen LogP contribution is -2.43. The second-order valence-electron chi connectivity index (χ2n) is 3.49. The van der Waals surface area contributed by atoms with Gasteiger partial charge in [-0.3, -0.25) is 4.55 Å². The predicted octanol–water partition coefficient (Wildman–Crippen LogP) is 1.20. The topological polar surface area (TPSA) is 80.7 Å². The zero-order valence-electron chi connectivity index (χ0n) is 8.45. The average molecular weight is 246 g/mol. The Hall–Kier alpha value is -0.760. The normalized spacial score (nSPS) is 13.7. The maximum Gasteiger partial charge on any atom is 0.465 e. The minimum Gasteiger partial charge on any atom is -0.454 e. The van der Waals surface area contributed by atoms with Crippen LogP contribution in [0.5, 0.6) is 0 Å². The summed E-state index contributed by atoms with van der Waals surface area (Å²) in [6, 6.07) is 0. The van der Waals surface area contributed by atoms with Crippen LogP contribution in [0.25, 0.3) is 0 Å². The third-order valence-electron chi connectivity index (χ3n) is 1.78. The molecule has 0 spiro atoms. The SMILES string of the molecule is CCC(C)(C)OC(=O)C(F)(F)S(=O)(=O)O. The number of rotatable bonds is 4. The van der Waals surface area contributed by atoms with Crippen molar-refractivity contribution in [2.75, 3.05) is 0 Å². The number of carbonyl (C=O) groups is 1. The van der Waals surface area contributed by atoms with Gasteiger partial charge in [-0.05, 0) is 20.3 Å². The molecule has 0 radical (unpaired) electrons. The van der Waals surface area contributed by atoms with Crippen LogP contribution in [-0.4, -0.2) is 29.8 Å². The van der Waals surface area contributed by atoms with E-state index < -0.39 is 26.9 Å². The molecule has 0 aromatic rings. The van der Waals surface area contributed by atoms with E-state index in [1.165, 1.54) is 13.8 Å². The molecule has 8 heteroatoms. The van der Waals surface area contributed by atoms with Crippen molar-refractivity contribution < 1.29 is 31.3 Å². The molecule has 0 aromatic carbocycles. The number of alkyl halides is 2. The van der Waals surface area contributed by atoms with E-state index in [1.54, 1.807) is 6.92 Å². The van der Waals surface area contributed by atoms with Crippen molar-refractivity contribution in [1.29, 1.82) is 0 Å². The van der Waals surface area contributed by atoms with Crippen LogP contribution in [0.1, 0.15) is 27.2 Å². The monoisotopic (exact) mass is 246 g/mol. The molecule has 0 bridgehead atoms. The molecule has 0 amide bonds. The molecular weight excluding hydrogens is 234 g/mol. The number of esters is 1. The Morgan fingerprint density at radius 3 is 2.07 bits per heavy atom. The fraction of sp³-hybridized carbons (Fsp3) is 0.857. The first-order valence-electron chi connectivity index (χ1n) is 4.02. The summed E-state index contributed by atoms with van der Waals surface area (Å²) in [4.78, 5) is 10.8. The summed E-state index contributed by atoms with van der Waals surface area (Å²) < 4.78 is 58.1. The highest BCUT2D eigenvalue weighted by molar-refractivity contribution is 7.87. The van der Waals surface area contributed by atoms with E-state index in [4.69, 9.17) is 4.55 Å². The molecule has 0 fully saturated rings. The second-order valence-corrected chi connectivity index (χ2v) is 4.96. The third kappa shape index (κ3) is 3.38. The Bertz CT molecular complexity index is 346. The Labute approximate surface area is 86.2 Å². The van der Waals surface area contributed by atoms with Crippen molar-refractivity contribution in [3.63, 3.8) is 0 Å². The van der Waals surface area contributed by atoms with Gasteiger partial charge in [-0.1, -0.05) is 6.92 Å². The van der Waals surface area contributed by atoms with Crippen LogP contribution in [0.15, 0.2) is 0 Å². The van der Waals surface area contributed by atoms with Gasteiger partial charge in [0.05, 0.1) is 0 Å². The largest absolute Gasteiger partial charge is 0.465 e. The van der Waals surface area contributed by atoms with Crippen LogP contribution in [0.4, 0.5) is 8.78 Å². The summed E-state index contributed by atoms with van der Waals surface area (Å²) in [6.45, 7) is 4.24. The van der Waals surface area contributed by atoms with Crippen LogP contribution in [0.2, 0.25) is 0 Å². The molecule has 0 heterocycles. The molecule has 5 nitrogen and oxygen atoms in total. The van der Waals surface area contributed by atoms with Crippen molar-refractivity contribution >= 4 is 16.1 Å².